The molecular formula is C25H23N3O3. The van der Waals surface area contributed by atoms with Gasteiger partial charge in [-0.1, -0.05) is 65.8 Å². The first-order valence-corrected chi connectivity index (χ1v) is 10.1. The molecular weight excluding hydrogens is 390 g/mol. The van der Waals surface area contributed by atoms with Gasteiger partial charge in [0.25, 0.3) is 0 Å². The molecule has 156 valence electrons. The van der Waals surface area contributed by atoms with Crippen LogP contribution in [0, 0.1) is 0 Å². The van der Waals surface area contributed by atoms with Crippen LogP contribution in [-0.2, 0) is 11.2 Å². The van der Waals surface area contributed by atoms with Crippen LogP contribution in [0.15, 0.2) is 89.5 Å². The van der Waals surface area contributed by atoms with Crippen LogP contribution in [0.5, 0.6) is 5.75 Å². The van der Waals surface area contributed by atoms with Gasteiger partial charge in [-0.05, 0) is 35.4 Å². The maximum Gasteiger partial charge on any atom is 0.227 e. The Labute approximate surface area is 180 Å². The average Bonchev–Trinajstić information content (AvgIpc) is 3.31. The summed E-state index contributed by atoms with van der Waals surface area (Å²) in [6.45, 7) is 0. The van der Waals surface area contributed by atoms with E-state index in [1.54, 1.807) is 7.11 Å². The molecule has 0 bridgehead atoms. The van der Waals surface area contributed by atoms with E-state index in [2.05, 4.69) is 15.5 Å². The third-order valence-electron chi connectivity index (χ3n) is 4.95. The van der Waals surface area contributed by atoms with Crippen molar-refractivity contribution >= 4 is 5.91 Å². The number of benzene rings is 3. The van der Waals surface area contributed by atoms with E-state index in [0.717, 1.165) is 22.4 Å². The Bertz CT molecular complexity index is 1070. The third kappa shape index (κ3) is 5.17. The maximum atomic E-state index is 12.7. The highest BCUT2D eigenvalue weighted by atomic mass is 16.5. The first-order valence-electron chi connectivity index (χ1n) is 10.1. The summed E-state index contributed by atoms with van der Waals surface area (Å²) in [7, 11) is 1.62. The van der Waals surface area contributed by atoms with E-state index in [4.69, 9.17) is 9.26 Å². The van der Waals surface area contributed by atoms with E-state index in [0.29, 0.717) is 18.1 Å². The summed E-state index contributed by atoms with van der Waals surface area (Å²) in [6, 6.07) is 27.0. The zero-order chi connectivity index (χ0) is 21.5. The van der Waals surface area contributed by atoms with Crippen molar-refractivity contribution < 1.29 is 14.1 Å². The monoisotopic (exact) mass is 413 g/mol. The Hall–Kier alpha value is -3.93. The van der Waals surface area contributed by atoms with Crippen molar-refractivity contribution in [3.8, 4) is 17.1 Å². The smallest absolute Gasteiger partial charge is 0.227 e. The minimum absolute atomic E-state index is 0.0816. The van der Waals surface area contributed by atoms with Crippen LogP contribution >= 0.6 is 0 Å². The molecule has 4 aromatic rings. The number of amides is 1. The number of nitrogens with zero attached hydrogens (tertiary/aromatic N) is 2. The minimum atomic E-state index is -0.215. The SMILES string of the molecule is COc1ccc(-c2noc(CCC(=O)NC(c3ccccc3)c3ccccc3)n2)cc1. The number of nitrogens with one attached hydrogen (secondary N) is 1. The molecule has 3 aromatic carbocycles. The number of rotatable bonds is 8. The molecule has 0 aliphatic carbocycles. The molecule has 1 N–H and O–H groups in total. The molecule has 0 radical (unpaired) electrons. The highest BCUT2D eigenvalue weighted by molar-refractivity contribution is 5.77. The third-order valence-corrected chi connectivity index (χ3v) is 4.95. The number of methoxy groups -OCH3 is 1. The summed E-state index contributed by atoms with van der Waals surface area (Å²) in [5, 5.41) is 7.15. The topological polar surface area (TPSA) is 77.2 Å². The zero-order valence-electron chi connectivity index (χ0n) is 17.2. The average molecular weight is 413 g/mol. The lowest BCUT2D eigenvalue weighted by Gasteiger charge is -2.19. The molecule has 31 heavy (non-hydrogen) atoms. The number of aromatic nitrogens is 2. The number of aryl methyl sites for hydroxylation is 1. The van der Waals surface area contributed by atoms with E-state index in [-0.39, 0.29) is 18.4 Å². The Balaban J connectivity index is 1.40. The lowest BCUT2D eigenvalue weighted by atomic mass is 9.98. The number of carbonyl (C=O) groups is 1. The number of ether oxygens (including phenoxy) is 1. The van der Waals surface area contributed by atoms with Crippen molar-refractivity contribution in [2.75, 3.05) is 7.11 Å². The number of carbonyl (C=O) groups excluding carboxylic acids is 1. The van der Waals surface area contributed by atoms with Gasteiger partial charge in [0.15, 0.2) is 0 Å². The Morgan fingerprint density at radius 1 is 0.935 bits per heavy atom. The molecule has 0 saturated carbocycles. The van der Waals surface area contributed by atoms with Gasteiger partial charge >= 0.3 is 0 Å². The van der Waals surface area contributed by atoms with Crippen LogP contribution in [0.25, 0.3) is 11.4 Å². The van der Waals surface area contributed by atoms with Gasteiger partial charge in [-0.2, -0.15) is 4.98 Å². The minimum Gasteiger partial charge on any atom is -0.497 e. The molecule has 1 aromatic heterocycles. The molecule has 6 heteroatoms. The Morgan fingerprint density at radius 3 is 2.13 bits per heavy atom. The molecule has 0 unspecified atom stereocenters. The van der Waals surface area contributed by atoms with Crippen molar-refractivity contribution in [1.29, 1.82) is 0 Å². The predicted octanol–water partition coefficient (Wildman–Crippen LogP) is 4.58. The number of hydrogen-bond acceptors (Lipinski definition) is 5. The largest absolute Gasteiger partial charge is 0.497 e. The summed E-state index contributed by atoms with van der Waals surface area (Å²) in [6.07, 6.45) is 0.617. The molecule has 1 amide bonds. The summed E-state index contributed by atoms with van der Waals surface area (Å²) >= 11 is 0. The van der Waals surface area contributed by atoms with Gasteiger partial charge in [0.05, 0.1) is 13.2 Å². The molecule has 0 aliphatic rings. The van der Waals surface area contributed by atoms with Gasteiger partial charge in [-0.3, -0.25) is 4.79 Å². The first kappa shape index (κ1) is 20.3. The van der Waals surface area contributed by atoms with Crippen molar-refractivity contribution in [2.24, 2.45) is 0 Å². The van der Waals surface area contributed by atoms with Crippen molar-refractivity contribution in [3.05, 3.63) is 102 Å². The van der Waals surface area contributed by atoms with Gasteiger partial charge < -0.3 is 14.6 Å². The second kappa shape index (κ2) is 9.71. The van der Waals surface area contributed by atoms with Crippen molar-refractivity contribution in [3.63, 3.8) is 0 Å². The van der Waals surface area contributed by atoms with Crippen molar-refractivity contribution in [2.45, 2.75) is 18.9 Å². The van der Waals surface area contributed by atoms with Crippen LogP contribution in [0.1, 0.15) is 29.5 Å². The molecule has 0 atom stereocenters. The molecule has 1 heterocycles. The first-order chi connectivity index (χ1) is 15.2. The van der Waals surface area contributed by atoms with Crippen LogP contribution in [-0.4, -0.2) is 23.2 Å². The highest BCUT2D eigenvalue weighted by Gasteiger charge is 2.17. The lowest BCUT2D eigenvalue weighted by Crippen LogP contribution is -2.29. The Kier molecular flexibility index (Phi) is 6.38. The molecule has 6 nitrogen and oxygen atoms in total. The highest BCUT2D eigenvalue weighted by Crippen LogP contribution is 2.23. The van der Waals surface area contributed by atoms with E-state index >= 15 is 0 Å². The lowest BCUT2D eigenvalue weighted by molar-refractivity contribution is -0.121. The second-order valence-corrected chi connectivity index (χ2v) is 7.06. The fraction of sp³-hybridized carbons (Fsp3) is 0.160. The molecule has 0 fully saturated rings. The van der Waals surface area contributed by atoms with Crippen LogP contribution in [0.3, 0.4) is 0 Å². The van der Waals surface area contributed by atoms with E-state index in [9.17, 15) is 4.79 Å². The predicted molar refractivity (Wildman–Crippen MR) is 117 cm³/mol. The van der Waals surface area contributed by atoms with Gasteiger partial charge in [0.2, 0.25) is 17.6 Å². The fourth-order valence-electron chi connectivity index (χ4n) is 3.32. The number of hydrogen-bond donors (Lipinski definition) is 1. The normalized spacial score (nSPS) is 10.8. The fourth-order valence-corrected chi connectivity index (χ4v) is 3.32. The Morgan fingerprint density at radius 2 is 1.55 bits per heavy atom. The summed E-state index contributed by atoms with van der Waals surface area (Å²) in [4.78, 5) is 17.1. The quantitative estimate of drug-likeness (QED) is 0.457. The van der Waals surface area contributed by atoms with Gasteiger partial charge in [0.1, 0.15) is 5.75 Å². The molecule has 0 aliphatic heterocycles. The zero-order valence-corrected chi connectivity index (χ0v) is 17.2. The van der Waals surface area contributed by atoms with Crippen LogP contribution < -0.4 is 10.1 Å². The van der Waals surface area contributed by atoms with Crippen LogP contribution in [0.4, 0.5) is 0 Å². The summed E-state index contributed by atoms with van der Waals surface area (Å²) in [5.74, 6) is 1.60. The molecule has 0 saturated heterocycles. The summed E-state index contributed by atoms with van der Waals surface area (Å²) in [5.41, 5.74) is 2.89. The molecule has 0 spiro atoms. The molecule has 4 rings (SSSR count). The van der Waals surface area contributed by atoms with E-state index in [1.165, 1.54) is 0 Å². The van der Waals surface area contributed by atoms with E-state index in [1.807, 2.05) is 84.9 Å². The van der Waals surface area contributed by atoms with Crippen molar-refractivity contribution in [1.82, 2.24) is 15.5 Å². The van der Waals surface area contributed by atoms with E-state index < -0.39 is 0 Å². The second-order valence-electron chi connectivity index (χ2n) is 7.06. The van der Waals surface area contributed by atoms with Crippen LogP contribution in [0.2, 0.25) is 0 Å². The standard InChI is InChI=1S/C25H23N3O3/c1-30-21-14-12-20(13-15-21)25-27-23(31-28-25)17-16-22(29)26-24(18-8-4-2-5-9-18)19-10-6-3-7-11-19/h2-15,24H,16-17H2,1H3,(H,26,29). The summed E-state index contributed by atoms with van der Waals surface area (Å²) < 4.78 is 10.5. The maximum absolute atomic E-state index is 12.7. The van der Waals surface area contributed by atoms with Gasteiger partial charge in [-0.15, -0.1) is 0 Å². The van der Waals surface area contributed by atoms with Gasteiger partial charge in [-0.25, -0.2) is 0 Å². The van der Waals surface area contributed by atoms with Gasteiger partial charge in [0, 0.05) is 18.4 Å².